The van der Waals surface area contributed by atoms with E-state index in [1.807, 2.05) is 6.92 Å². The minimum absolute atomic E-state index is 0.0205. The molecule has 156 valence electrons. The van der Waals surface area contributed by atoms with Gasteiger partial charge in [-0.25, -0.2) is 4.79 Å². The zero-order valence-corrected chi connectivity index (χ0v) is 17.5. The highest BCUT2D eigenvalue weighted by molar-refractivity contribution is 5.97. The quantitative estimate of drug-likeness (QED) is 0.721. The van der Waals surface area contributed by atoms with E-state index in [0.29, 0.717) is 23.9 Å². The molecule has 7 heteroatoms. The van der Waals surface area contributed by atoms with E-state index < -0.39 is 17.9 Å². The molecule has 0 saturated heterocycles. The maximum atomic E-state index is 13.1. The molecule has 1 aliphatic carbocycles. The molecule has 1 fully saturated rings. The van der Waals surface area contributed by atoms with Gasteiger partial charge in [0.05, 0.1) is 19.9 Å². The van der Waals surface area contributed by atoms with Crippen LogP contribution in [0.25, 0.3) is 0 Å². The number of esters is 1. The topological polar surface area (TPSA) is 86.6 Å². The van der Waals surface area contributed by atoms with Crippen LogP contribution in [0, 0.1) is 18.8 Å². The molecule has 0 aromatic carbocycles. The molecule has 0 bridgehead atoms. The van der Waals surface area contributed by atoms with E-state index in [1.165, 1.54) is 39.5 Å². The summed E-state index contributed by atoms with van der Waals surface area (Å²) < 4.78 is 11.8. The molecule has 2 rings (SSSR count). The Bertz CT molecular complexity index is 763. The van der Waals surface area contributed by atoms with E-state index in [9.17, 15) is 14.4 Å². The summed E-state index contributed by atoms with van der Waals surface area (Å²) in [4.78, 5) is 37.9. The molecule has 1 atom stereocenters. The van der Waals surface area contributed by atoms with Crippen LogP contribution in [-0.4, -0.2) is 36.7 Å². The van der Waals surface area contributed by atoms with Gasteiger partial charge in [0.1, 0.15) is 17.4 Å². The number of hydrogen-bond donors (Lipinski definition) is 1. The highest BCUT2D eigenvalue weighted by Gasteiger charge is 2.28. The predicted octanol–water partition coefficient (Wildman–Crippen LogP) is 2.67. The number of rotatable bonds is 7. The summed E-state index contributed by atoms with van der Waals surface area (Å²) in [7, 11) is 2.79. The number of amides is 1. The lowest BCUT2D eigenvalue weighted by atomic mass is 9.89. The molecule has 28 heavy (non-hydrogen) atoms. The SMILES string of the molecule is COC(=O)[C@@H](NC(=O)c1cc(OC)c(C)n(CC2CCCCC2)c1=O)C(C)C. The highest BCUT2D eigenvalue weighted by atomic mass is 16.5. The fourth-order valence-electron chi connectivity index (χ4n) is 3.79. The zero-order chi connectivity index (χ0) is 20.8. The Morgan fingerprint density at radius 1 is 1.21 bits per heavy atom. The molecule has 1 saturated carbocycles. The van der Waals surface area contributed by atoms with E-state index in [-0.39, 0.29) is 17.0 Å². The summed E-state index contributed by atoms with van der Waals surface area (Å²) in [6, 6.07) is 0.634. The molecule has 1 aliphatic rings. The molecule has 0 unspecified atom stereocenters. The van der Waals surface area contributed by atoms with Gasteiger partial charge in [0.2, 0.25) is 0 Å². The van der Waals surface area contributed by atoms with Crippen molar-refractivity contribution in [2.24, 2.45) is 11.8 Å². The Balaban J connectivity index is 2.37. The molecule has 0 radical (unpaired) electrons. The Labute approximate surface area is 166 Å². The van der Waals surface area contributed by atoms with Gasteiger partial charge >= 0.3 is 5.97 Å². The second kappa shape index (κ2) is 9.75. The molecule has 1 aromatic rings. The standard InChI is InChI=1S/C21H32N2O5/c1-13(2)18(21(26)28-5)22-19(24)16-11-17(27-4)14(3)23(20(16)25)12-15-9-7-6-8-10-15/h11,13,15,18H,6-10,12H2,1-5H3,(H,22,24)/t18-/m0/s1. The molecular weight excluding hydrogens is 360 g/mol. The summed E-state index contributed by atoms with van der Waals surface area (Å²) in [5, 5.41) is 2.64. The zero-order valence-electron chi connectivity index (χ0n) is 17.5. The summed E-state index contributed by atoms with van der Waals surface area (Å²) >= 11 is 0. The average Bonchev–Trinajstić information content (AvgIpc) is 2.69. The number of pyridine rings is 1. The van der Waals surface area contributed by atoms with Crippen LogP contribution in [0.3, 0.4) is 0 Å². The van der Waals surface area contributed by atoms with Gasteiger partial charge in [-0.1, -0.05) is 33.1 Å². The van der Waals surface area contributed by atoms with Crippen LogP contribution >= 0.6 is 0 Å². The largest absolute Gasteiger partial charge is 0.495 e. The fraction of sp³-hybridized carbons (Fsp3) is 0.667. The van der Waals surface area contributed by atoms with Gasteiger partial charge < -0.3 is 19.4 Å². The van der Waals surface area contributed by atoms with Crippen molar-refractivity contribution in [3.8, 4) is 5.75 Å². The van der Waals surface area contributed by atoms with E-state index in [0.717, 1.165) is 12.8 Å². The molecule has 1 N–H and O–H groups in total. The number of carbonyl (C=O) groups excluding carboxylic acids is 2. The van der Waals surface area contributed by atoms with Crippen molar-refractivity contribution in [2.75, 3.05) is 14.2 Å². The van der Waals surface area contributed by atoms with Crippen LogP contribution in [-0.2, 0) is 16.1 Å². The van der Waals surface area contributed by atoms with Crippen LogP contribution in [0.5, 0.6) is 5.75 Å². The highest BCUT2D eigenvalue weighted by Crippen LogP contribution is 2.26. The lowest BCUT2D eigenvalue weighted by molar-refractivity contribution is -0.144. The van der Waals surface area contributed by atoms with Crippen molar-refractivity contribution >= 4 is 11.9 Å². The van der Waals surface area contributed by atoms with Crippen LogP contribution < -0.4 is 15.6 Å². The van der Waals surface area contributed by atoms with Crippen LogP contribution in [0.4, 0.5) is 0 Å². The Morgan fingerprint density at radius 3 is 2.39 bits per heavy atom. The van der Waals surface area contributed by atoms with E-state index >= 15 is 0 Å². The van der Waals surface area contributed by atoms with Gasteiger partial charge in [-0.15, -0.1) is 0 Å². The fourth-order valence-corrected chi connectivity index (χ4v) is 3.79. The molecule has 1 heterocycles. The maximum absolute atomic E-state index is 13.1. The molecule has 0 spiro atoms. The van der Waals surface area contributed by atoms with Crippen LogP contribution in [0.1, 0.15) is 62.0 Å². The second-order valence-electron chi connectivity index (χ2n) is 7.85. The normalized spacial score (nSPS) is 15.9. The second-order valence-corrected chi connectivity index (χ2v) is 7.85. The van der Waals surface area contributed by atoms with E-state index in [4.69, 9.17) is 9.47 Å². The summed E-state index contributed by atoms with van der Waals surface area (Å²) in [6.07, 6.45) is 5.75. The smallest absolute Gasteiger partial charge is 0.328 e. The van der Waals surface area contributed by atoms with Gasteiger partial charge in [-0.3, -0.25) is 9.59 Å². The minimum Gasteiger partial charge on any atom is -0.495 e. The number of carbonyl (C=O) groups is 2. The summed E-state index contributed by atoms with van der Waals surface area (Å²) in [5.41, 5.74) is 0.338. The number of methoxy groups -OCH3 is 2. The first-order chi connectivity index (χ1) is 13.3. The first-order valence-electron chi connectivity index (χ1n) is 9.97. The number of ether oxygens (including phenoxy) is 2. The van der Waals surface area contributed by atoms with E-state index in [1.54, 1.807) is 18.4 Å². The molecule has 0 aliphatic heterocycles. The van der Waals surface area contributed by atoms with Gasteiger partial charge in [0.25, 0.3) is 11.5 Å². The molecule has 1 amide bonds. The summed E-state index contributed by atoms with van der Waals surface area (Å²) in [6.45, 7) is 6.01. The monoisotopic (exact) mass is 392 g/mol. The van der Waals surface area contributed by atoms with Crippen molar-refractivity contribution in [1.82, 2.24) is 9.88 Å². The van der Waals surface area contributed by atoms with Crippen LogP contribution in [0.15, 0.2) is 10.9 Å². The van der Waals surface area contributed by atoms with Crippen molar-refractivity contribution in [2.45, 2.75) is 65.5 Å². The molecule has 1 aromatic heterocycles. The minimum atomic E-state index is -0.823. The first-order valence-corrected chi connectivity index (χ1v) is 9.97. The van der Waals surface area contributed by atoms with Gasteiger partial charge in [-0.05, 0) is 31.6 Å². The third kappa shape index (κ3) is 4.94. The Kier molecular flexibility index (Phi) is 7.66. The lowest BCUT2D eigenvalue weighted by Gasteiger charge is -2.25. The maximum Gasteiger partial charge on any atom is 0.328 e. The van der Waals surface area contributed by atoms with Crippen LogP contribution in [0.2, 0.25) is 0 Å². The number of aromatic nitrogens is 1. The third-order valence-corrected chi connectivity index (χ3v) is 5.55. The third-order valence-electron chi connectivity index (χ3n) is 5.55. The van der Waals surface area contributed by atoms with E-state index in [2.05, 4.69) is 5.32 Å². The number of hydrogen-bond acceptors (Lipinski definition) is 5. The number of nitrogens with zero attached hydrogens (tertiary/aromatic N) is 1. The first kappa shape index (κ1) is 22.0. The van der Waals surface area contributed by atoms with Gasteiger partial charge in [-0.2, -0.15) is 0 Å². The van der Waals surface area contributed by atoms with Gasteiger partial charge in [0, 0.05) is 12.6 Å². The van der Waals surface area contributed by atoms with Crippen molar-refractivity contribution in [3.05, 3.63) is 27.7 Å². The predicted molar refractivity (Wildman–Crippen MR) is 107 cm³/mol. The van der Waals surface area contributed by atoms with Crippen molar-refractivity contribution in [3.63, 3.8) is 0 Å². The summed E-state index contributed by atoms with van der Waals surface area (Å²) in [5.74, 6) is -0.394. The lowest BCUT2D eigenvalue weighted by Crippen LogP contribution is -2.47. The Hall–Kier alpha value is -2.31. The molecule has 7 nitrogen and oxygen atoms in total. The number of nitrogens with one attached hydrogen (secondary N) is 1. The molecular formula is C21H32N2O5. The average molecular weight is 392 g/mol. The Morgan fingerprint density at radius 2 is 1.86 bits per heavy atom. The van der Waals surface area contributed by atoms with Crippen molar-refractivity contribution < 1.29 is 19.1 Å². The van der Waals surface area contributed by atoms with Gasteiger partial charge in [0.15, 0.2) is 0 Å². The van der Waals surface area contributed by atoms with Crippen molar-refractivity contribution in [1.29, 1.82) is 0 Å².